The molecule has 0 bridgehead atoms. The fourth-order valence-corrected chi connectivity index (χ4v) is 4.97. The van der Waals surface area contributed by atoms with E-state index in [0.29, 0.717) is 30.4 Å². The maximum atomic E-state index is 12.4. The van der Waals surface area contributed by atoms with Crippen LogP contribution in [0.2, 0.25) is 0 Å². The molecule has 2 rings (SSSR count). The lowest BCUT2D eigenvalue weighted by molar-refractivity contribution is -0.917. The van der Waals surface area contributed by atoms with Crippen molar-refractivity contribution >= 4 is 27.3 Å². The van der Waals surface area contributed by atoms with E-state index < -0.39 is 10.0 Å². The molecule has 0 aliphatic carbocycles. The van der Waals surface area contributed by atoms with Crippen molar-refractivity contribution in [2.45, 2.75) is 17.2 Å². The predicted molar refractivity (Wildman–Crippen MR) is 77.3 cm³/mol. The van der Waals surface area contributed by atoms with Crippen LogP contribution >= 0.6 is 11.3 Å². The van der Waals surface area contributed by atoms with Gasteiger partial charge in [0.25, 0.3) is 15.9 Å². The lowest BCUT2D eigenvalue weighted by Gasteiger charge is -2.33. The third-order valence-electron chi connectivity index (χ3n) is 3.71. The molecule has 1 aromatic rings. The van der Waals surface area contributed by atoms with E-state index in [0.717, 1.165) is 4.90 Å². The van der Waals surface area contributed by atoms with E-state index in [1.165, 1.54) is 15.6 Å². The number of sulfonamides is 1. The summed E-state index contributed by atoms with van der Waals surface area (Å²) in [5.74, 6) is -0.00503. The summed E-state index contributed by atoms with van der Waals surface area (Å²) in [6, 6.07) is 3.23. The fourth-order valence-electron chi connectivity index (χ4n) is 2.39. The molecule has 0 radical (unpaired) electrons. The molecule has 112 valence electrons. The largest absolute Gasteiger partial charge is 0.354 e. The van der Waals surface area contributed by atoms with Gasteiger partial charge in [-0.1, -0.05) is 6.07 Å². The Labute approximate surface area is 123 Å². The number of likely N-dealkylation sites (N-methyl/N-ethyl adjacent to an activating group) is 1. The molecule has 20 heavy (non-hydrogen) atoms. The van der Waals surface area contributed by atoms with E-state index in [9.17, 15) is 13.2 Å². The van der Waals surface area contributed by atoms with E-state index in [1.54, 1.807) is 24.6 Å². The van der Waals surface area contributed by atoms with E-state index in [-0.39, 0.29) is 11.9 Å². The minimum Gasteiger partial charge on any atom is -0.354 e. The molecular formula is C12H20N3O3S2+. The van der Waals surface area contributed by atoms with Crippen LogP contribution in [-0.2, 0) is 14.8 Å². The summed E-state index contributed by atoms with van der Waals surface area (Å²) in [7, 11) is -1.73. The molecule has 1 saturated heterocycles. The van der Waals surface area contributed by atoms with Crippen LogP contribution in [0, 0.1) is 0 Å². The first-order valence-electron chi connectivity index (χ1n) is 6.56. The highest BCUT2D eigenvalue weighted by Crippen LogP contribution is 2.20. The van der Waals surface area contributed by atoms with Gasteiger partial charge in [-0.25, -0.2) is 8.42 Å². The molecule has 1 aliphatic heterocycles. The van der Waals surface area contributed by atoms with Crippen molar-refractivity contribution in [2.24, 2.45) is 0 Å². The molecule has 2 N–H and O–H groups in total. The van der Waals surface area contributed by atoms with Gasteiger partial charge in [0.15, 0.2) is 6.04 Å². The third-order valence-corrected chi connectivity index (χ3v) is 6.98. The van der Waals surface area contributed by atoms with Crippen LogP contribution in [0.1, 0.15) is 6.92 Å². The van der Waals surface area contributed by atoms with Crippen LogP contribution in [0.5, 0.6) is 0 Å². The lowest BCUT2D eigenvalue weighted by Crippen LogP contribution is -3.19. The van der Waals surface area contributed by atoms with Crippen molar-refractivity contribution < 1.29 is 18.1 Å². The number of nitrogens with zero attached hydrogens (tertiary/aromatic N) is 1. The number of hydrogen-bond donors (Lipinski definition) is 2. The topological polar surface area (TPSA) is 70.9 Å². The van der Waals surface area contributed by atoms with Crippen molar-refractivity contribution in [3.8, 4) is 0 Å². The Kier molecular flexibility index (Phi) is 4.79. The average Bonchev–Trinajstić information content (AvgIpc) is 3.00. The second-order valence-corrected chi connectivity index (χ2v) is 7.94. The maximum Gasteiger partial charge on any atom is 0.277 e. The standard InChI is InChI=1S/C12H19N3O3S2/c1-10(12(16)13-2)14-5-7-15(8-6-14)20(17,18)11-4-3-9-19-11/h3-4,9-10H,5-8H2,1-2H3,(H,13,16)/p+1/t10-/m0/s1. The Morgan fingerprint density at radius 1 is 1.45 bits per heavy atom. The van der Waals surface area contributed by atoms with Crippen LogP contribution in [0.4, 0.5) is 0 Å². The number of carbonyl (C=O) groups excluding carboxylic acids is 1. The first-order chi connectivity index (χ1) is 9.46. The molecule has 1 fully saturated rings. The number of rotatable bonds is 4. The van der Waals surface area contributed by atoms with Gasteiger partial charge in [0.2, 0.25) is 0 Å². The minimum atomic E-state index is -3.36. The van der Waals surface area contributed by atoms with Gasteiger partial charge in [-0.15, -0.1) is 11.3 Å². The average molecular weight is 318 g/mol. The van der Waals surface area contributed by atoms with Gasteiger partial charge in [0.05, 0.1) is 26.2 Å². The number of thiophene rings is 1. The molecule has 1 aliphatic rings. The highest BCUT2D eigenvalue weighted by atomic mass is 32.2. The quantitative estimate of drug-likeness (QED) is 0.730. The second-order valence-electron chi connectivity index (χ2n) is 4.83. The van der Waals surface area contributed by atoms with Crippen molar-refractivity contribution in [2.75, 3.05) is 33.2 Å². The van der Waals surface area contributed by atoms with E-state index >= 15 is 0 Å². The summed E-state index contributed by atoms with van der Waals surface area (Å²) in [5.41, 5.74) is 0. The van der Waals surface area contributed by atoms with Crippen LogP contribution in [-0.4, -0.2) is 57.9 Å². The zero-order valence-corrected chi connectivity index (χ0v) is 13.3. The van der Waals surface area contributed by atoms with Gasteiger partial charge in [-0.3, -0.25) is 4.79 Å². The number of amides is 1. The summed E-state index contributed by atoms with van der Waals surface area (Å²) in [4.78, 5) is 12.7. The van der Waals surface area contributed by atoms with E-state index in [4.69, 9.17) is 0 Å². The number of quaternary nitrogens is 1. The molecule has 0 spiro atoms. The molecule has 1 amide bonds. The summed E-state index contributed by atoms with van der Waals surface area (Å²) in [6.45, 7) is 4.09. The van der Waals surface area contributed by atoms with Gasteiger partial charge in [0.1, 0.15) is 4.21 Å². The maximum absolute atomic E-state index is 12.4. The van der Waals surface area contributed by atoms with Crippen LogP contribution in [0.3, 0.4) is 0 Å². The SMILES string of the molecule is CNC(=O)[C@H](C)[NH+]1CCN(S(=O)(=O)c2cccs2)CC1. The van der Waals surface area contributed by atoms with Crippen molar-refractivity contribution in [1.82, 2.24) is 9.62 Å². The Balaban J connectivity index is 2.00. The molecule has 1 atom stereocenters. The number of hydrogen-bond acceptors (Lipinski definition) is 4. The lowest BCUT2D eigenvalue weighted by atomic mass is 10.2. The Hall–Kier alpha value is -0.960. The van der Waals surface area contributed by atoms with Gasteiger partial charge >= 0.3 is 0 Å². The van der Waals surface area contributed by atoms with Gasteiger partial charge in [0, 0.05) is 7.05 Å². The first-order valence-corrected chi connectivity index (χ1v) is 8.88. The van der Waals surface area contributed by atoms with Gasteiger partial charge < -0.3 is 10.2 Å². The molecule has 0 saturated carbocycles. The summed E-state index contributed by atoms with van der Waals surface area (Å²) >= 11 is 1.24. The van der Waals surface area contributed by atoms with Gasteiger partial charge in [-0.2, -0.15) is 4.31 Å². The monoisotopic (exact) mass is 318 g/mol. The number of nitrogens with one attached hydrogen (secondary N) is 2. The molecule has 2 heterocycles. The number of carbonyl (C=O) groups is 1. The molecule has 0 aromatic carbocycles. The van der Waals surface area contributed by atoms with Gasteiger partial charge in [-0.05, 0) is 18.4 Å². The molecular weight excluding hydrogens is 298 g/mol. The fraction of sp³-hybridized carbons (Fsp3) is 0.583. The minimum absolute atomic E-state index is 0.00503. The highest BCUT2D eigenvalue weighted by molar-refractivity contribution is 7.91. The Morgan fingerprint density at radius 2 is 2.10 bits per heavy atom. The zero-order chi connectivity index (χ0) is 14.8. The van der Waals surface area contributed by atoms with E-state index in [2.05, 4.69) is 5.32 Å². The van der Waals surface area contributed by atoms with Crippen molar-refractivity contribution in [1.29, 1.82) is 0 Å². The van der Waals surface area contributed by atoms with Crippen LogP contribution in [0.15, 0.2) is 21.7 Å². The number of piperazine rings is 1. The second kappa shape index (κ2) is 6.21. The van der Waals surface area contributed by atoms with E-state index in [1.807, 2.05) is 6.92 Å². The van der Waals surface area contributed by atoms with Crippen LogP contribution < -0.4 is 10.2 Å². The van der Waals surface area contributed by atoms with Crippen molar-refractivity contribution in [3.63, 3.8) is 0 Å². The Morgan fingerprint density at radius 3 is 2.60 bits per heavy atom. The first kappa shape index (κ1) is 15.4. The normalized spacial score (nSPS) is 19.7. The summed E-state index contributed by atoms with van der Waals surface area (Å²) < 4.78 is 26.6. The third kappa shape index (κ3) is 3.03. The predicted octanol–water partition coefficient (Wildman–Crippen LogP) is -1.23. The summed E-state index contributed by atoms with van der Waals surface area (Å²) in [6.07, 6.45) is 0. The smallest absolute Gasteiger partial charge is 0.277 e. The molecule has 8 heteroatoms. The zero-order valence-electron chi connectivity index (χ0n) is 11.6. The highest BCUT2D eigenvalue weighted by Gasteiger charge is 2.34. The molecule has 0 unspecified atom stereocenters. The molecule has 6 nitrogen and oxygen atoms in total. The summed E-state index contributed by atoms with van der Waals surface area (Å²) in [5, 5.41) is 4.40. The van der Waals surface area contributed by atoms with Crippen LogP contribution in [0.25, 0.3) is 0 Å². The molecule has 1 aromatic heterocycles. The Bertz CT molecular complexity index is 549. The van der Waals surface area contributed by atoms with Crippen molar-refractivity contribution in [3.05, 3.63) is 17.5 Å².